The average molecular weight is 451 g/mol. The van der Waals surface area contributed by atoms with Crippen molar-refractivity contribution in [3.8, 4) is 5.75 Å². The summed E-state index contributed by atoms with van der Waals surface area (Å²) in [5.74, 6) is 0.287. The molecule has 0 fully saturated rings. The van der Waals surface area contributed by atoms with Gasteiger partial charge in [-0.25, -0.2) is 8.42 Å². The maximum absolute atomic E-state index is 13.1. The average Bonchev–Trinajstić information content (AvgIpc) is 3.41. The smallest absolute Gasteiger partial charge is 0.241 e. The predicted molar refractivity (Wildman–Crippen MR) is 116 cm³/mol. The predicted octanol–water partition coefficient (Wildman–Crippen LogP) is 3.71. The van der Waals surface area contributed by atoms with Gasteiger partial charge in [0.05, 0.1) is 31.1 Å². The molecule has 1 aromatic carbocycles. The van der Waals surface area contributed by atoms with E-state index in [0.29, 0.717) is 18.8 Å². The molecule has 6 nitrogen and oxygen atoms in total. The molecule has 0 aliphatic carbocycles. The standard InChI is InChI=1S/C20H22N2O4S3/c1-15(21-29(24,25)19-9-7-16(26-2)8-10-19)20(23)22(13-17-5-3-11-27-17)14-18-6-4-12-28-18/h3-12,15,21H,13-14H2,1-2H3/t15-/m0/s1. The van der Waals surface area contributed by atoms with Crippen LogP contribution < -0.4 is 9.46 Å². The number of hydrogen-bond donors (Lipinski definition) is 1. The summed E-state index contributed by atoms with van der Waals surface area (Å²) in [5, 5.41) is 3.91. The zero-order valence-corrected chi connectivity index (χ0v) is 18.5. The third-order valence-electron chi connectivity index (χ3n) is 4.24. The first-order valence-electron chi connectivity index (χ1n) is 8.89. The number of carbonyl (C=O) groups excluding carboxylic acids is 1. The molecule has 0 saturated carbocycles. The number of nitrogens with one attached hydrogen (secondary N) is 1. The maximum Gasteiger partial charge on any atom is 0.241 e. The third-order valence-corrected chi connectivity index (χ3v) is 7.52. The van der Waals surface area contributed by atoms with E-state index in [4.69, 9.17) is 4.74 Å². The Morgan fingerprint density at radius 1 is 1.03 bits per heavy atom. The van der Waals surface area contributed by atoms with Crippen molar-refractivity contribution in [1.82, 2.24) is 9.62 Å². The van der Waals surface area contributed by atoms with Crippen molar-refractivity contribution < 1.29 is 17.9 Å². The Bertz CT molecular complexity index is 978. The van der Waals surface area contributed by atoms with Crippen molar-refractivity contribution in [3.05, 3.63) is 69.0 Å². The summed E-state index contributed by atoms with van der Waals surface area (Å²) in [6.07, 6.45) is 0. The van der Waals surface area contributed by atoms with Crippen LogP contribution in [0.25, 0.3) is 0 Å². The molecule has 0 aliphatic heterocycles. The van der Waals surface area contributed by atoms with Crippen molar-refractivity contribution in [2.75, 3.05) is 7.11 Å². The van der Waals surface area contributed by atoms with E-state index in [9.17, 15) is 13.2 Å². The first-order chi connectivity index (χ1) is 13.9. The Hall–Kier alpha value is -2.20. The number of methoxy groups -OCH3 is 1. The van der Waals surface area contributed by atoms with Crippen LogP contribution in [0.2, 0.25) is 0 Å². The molecular formula is C20H22N2O4S3. The fourth-order valence-corrected chi connectivity index (χ4v) is 5.41. The minimum Gasteiger partial charge on any atom is -0.497 e. The molecule has 0 aliphatic rings. The lowest BCUT2D eigenvalue weighted by atomic mass is 10.2. The van der Waals surface area contributed by atoms with E-state index < -0.39 is 16.1 Å². The molecule has 0 bridgehead atoms. The highest BCUT2D eigenvalue weighted by Gasteiger charge is 2.26. The number of benzene rings is 1. The van der Waals surface area contributed by atoms with Crippen molar-refractivity contribution in [2.45, 2.75) is 31.0 Å². The van der Waals surface area contributed by atoms with Crippen LogP contribution in [0.5, 0.6) is 5.75 Å². The Balaban J connectivity index is 1.74. The van der Waals surface area contributed by atoms with Gasteiger partial charge in [-0.05, 0) is 54.1 Å². The normalized spacial score (nSPS) is 12.5. The van der Waals surface area contributed by atoms with Crippen LogP contribution in [-0.2, 0) is 27.9 Å². The number of rotatable bonds is 9. The summed E-state index contributed by atoms with van der Waals surface area (Å²) in [5.41, 5.74) is 0. The van der Waals surface area contributed by atoms with E-state index in [2.05, 4.69) is 4.72 Å². The summed E-state index contributed by atoms with van der Waals surface area (Å²) >= 11 is 3.13. The zero-order chi connectivity index (χ0) is 20.9. The SMILES string of the molecule is COc1ccc(S(=O)(=O)N[C@@H](C)C(=O)N(Cc2cccs2)Cc2cccs2)cc1. The molecule has 0 unspecified atom stereocenters. The molecule has 3 aromatic rings. The van der Waals surface area contributed by atoms with Crippen LogP contribution in [0.1, 0.15) is 16.7 Å². The number of thiophene rings is 2. The Kier molecular flexibility index (Phi) is 7.07. The van der Waals surface area contributed by atoms with E-state index in [1.54, 1.807) is 46.6 Å². The number of amides is 1. The van der Waals surface area contributed by atoms with Gasteiger partial charge in [0.1, 0.15) is 5.75 Å². The minimum absolute atomic E-state index is 0.0843. The molecule has 1 atom stereocenters. The van der Waals surface area contributed by atoms with Gasteiger partial charge in [0.25, 0.3) is 0 Å². The lowest BCUT2D eigenvalue weighted by Crippen LogP contribution is -2.46. The van der Waals surface area contributed by atoms with Crippen LogP contribution >= 0.6 is 22.7 Å². The van der Waals surface area contributed by atoms with Crippen LogP contribution in [0.4, 0.5) is 0 Å². The van der Waals surface area contributed by atoms with Crippen molar-refractivity contribution in [2.24, 2.45) is 0 Å². The number of carbonyl (C=O) groups is 1. The molecule has 29 heavy (non-hydrogen) atoms. The van der Waals surface area contributed by atoms with Gasteiger partial charge in [-0.2, -0.15) is 4.72 Å². The Morgan fingerprint density at radius 3 is 2.03 bits per heavy atom. The van der Waals surface area contributed by atoms with Crippen LogP contribution in [-0.4, -0.2) is 32.4 Å². The van der Waals surface area contributed by atoms with Gasteiger partial charge < -0.3 is 9.64 Å². The molecule has 3 rings (SSSR count). The lowest BCUT2D eigenvalue weighted by Gasteiger charge is -2.25. The van der Waals surface area contributed by atoms with Gasteiger partial charge in [0.15, 0.2) is 0 Å². The quantitative estimate of drug-likeness (QED) is 0.539. The summed E-state index contributed by atoms with van der Waals surface area (Å²) in [6, 6.07) is 12.9. The van der Waals surface area contributed by atoms with E-state index in [-0.39, 0.29) is 10.8 Å². The molecule has 154 valence electrons. The molecule has 0 radical (unpaired) electrons. The second-order valence-corrected chi connectivity index (χ2v) is 10.2. The second kappa shape index (κ2) is 9.53. The highest BCUT2D eigenvalue weighted by molar-refractivity contribution is 7.89. The van der Waals surface area contributed by atoms with Gasteiger partial charge in [-0.1, -0.05) is 12.1 Å². The second-order valence-electron chi connectivity index (χ2n) is 6.37. The molecule has 9 heteroatoms. The van der Waals surface area contributed by atoms with Gasteiger partial charge in [-0.3, -0.25) is 4.79 Å². The monoisotopic (exact) mass is 450 g/mol. The third kappa shape index (κ3) is 5.66. The summed E-state index contributed by atoms with van der Waals surface area (Å²) < 4.78 is 32.9. The summed E-state index contributed by atoms with van der Waals surface area (Å²) in [7, 11) is -2.32. The number of nitrogens with zero attached hydrogens (tertiary/aromatic N) is 1. The van der Waals surface area contributed by atoms with Gasteiger partial charge in [-0.15, -0.1) is 22.7 Å². The van der Waals surface area contributed by atoms with E-state index in [0.717, 1.165) is 9.75 Å². The van der Waals surface area contributed by atoms with Gasteiger partial charge in [0, 0.05) is 9.75 Å². The van der Waals surface area contributed by atoms with E-state index in [1.807, 2.05) is 35.0 Å². The first kappa shape index (κ1) is 21.5. The topological polar surface area (TPSA) is 75.7 Å². The van der Waals surface area contributed by atoms with Crippen LogP contribution in [0, 0.1) is 0 Å². The van der Waals surface area contributed by atoms with Crippen LogP contribution in [0.15, 0.2) is 64.2 Å². The van der Waals surface area contributed by atoms with Crippen molar-refractivity contribution >= 4 is 38.6 Å². The maximum atomic E-state index is 13.1. The lowest BCUT2D eigenvalue weighted by molar-refractivity contribution is -0.133. The number of hydrogen-bond acceptors (Lipinski definition) is 6. The fraction of sp³-hybridized carbons (Fsp3) is 0.250. The molecule has 2 aromatic heterocycles. The molecule has 1 amide bonds. The Morgan fingerprint density at radius 2 is 1.59 bits per heavy atom. The largest absolute Gasteiger partial charge is 0.497 e. The van der Waals surface area contributed by atoms with Crippen LogP contribution in [0.3, 0.4) is 0 Å². The number of ether oxygens (including phenoxy) is 1. The first-order valence-corrected chi connectivity index (χ1v) is 12.1. The Labute approximate surface area is 178 Å². The zero-order valence-electron chi connectivity index (χ0n) is 16.1. The highest BCUT2D eigenvalue weighted by atomic mass is 32.2. The highest BCUT2D eigenvalue weighted by Crippen LogP contribution is 2.19. The molecule has 1 N–H and O–H groups in total. The van der Waals surface area contributed by atoms with Gasteiger partial charge >= 0.3 is 0 Å². The molecule has 0 saturated heterocycles. The fourth-order valence-electron chi connectivity index (χ4n) is 2.77. The molecule has 0 spiro atoms. The van der Waals surface area contributed by atoms with Crippen molar-refractivity contribution in [1.29, 1.82) is 0 Å². The van der Waals surface area contributed by atoms with E-state index >= 15 is 0 Å². The summed E-state index contributed by atoms with van der Waals surface area (Å²) in [6.45, 7) is 2.44. The number of sulfonamides is 1. The minimum atomic E-state index is -3.83. The van der Waals surface area contributed by atoms with Crippen molar-refractivity contribution in [3.63, 3.8) is 0 Å². The van der Waals surface area contributed by atoms with Gasteiger partial charge in [0.2, 0.25) is 15.9 Å². The summed E-state index contributed by atoms with van der Waals surface area (Å²) in [4.78, 5) is 16.9. The van der Waals surface area contributed by atoms with E-state index in [1.165, 1.54) is 19.2 Å². The molecular weight excluding hydrogens is 428 g/mol. The molecule has 2 heterocycles.